The monoisotopic (exact) mass is 331 g/mol. The van der Waals surface area contributed by atoms with Crippen LogP contribution in [-0.4, -0.2) is 48.0 Å². The van der Waals surface area contributed by atoms with E-state index in [1.54, 1.807) is 11.8 Å². The minimum absolute atomic E-state index is 0.0573. The third-order valence-electron chi connectivity index (χ3n) is 3.25. The molecule has 2 unspecified atom stereocenters. The molecule has 124 valence electrons. The van der Waals surface area contributed by atoms with E-state index < -0.39 is 30.2 Å². The number of rotatable bonds is 6. The number of ether oxygens (including phenoxy) is 3. The zero-order chi connectivity index (χ0) is 16.7. The maximum atomic E-state index is 11.3. The summed E-state index contributed by atoms with van der Waals surface area (Å²) in [6.45, 7) is 6.37. The second kappa shape index (κ2) is 8.87. The number of carbonyl (C=O) groups excluding carboxylic acids is 2. The van der Waals surface area contributed by atoms with Crippen LogP contribution in [0.3, 0.4) is 0 Å². The van der Waals surface area contributed by atoms with Gasteiger partial charge in [0.2, 0.25) is 0 Å². The minimum Gasteiger partial charge on any atom is -0.463 e. The van der Waals surface area contributed by atoms with E-state index in [0.717, 1.165) is 5.75 Å². The standard InChI is InChI=1S/C13H21N3O5S/c1-5-22-13-7(2)11(15-16-14)12(20-9(4)18)10(21-13)6-19-8(3)17/h7,10-13H,5-6H2,1-4H3/t7?,10?,11-,12+,13-/m1/s1. The van der Waals surface area contributed by atoms with Gasteiger partial charge in [-0.3, -0.25) is 9.59 Å². The maximum Gasteiger partial charge on any atom is 0.303 e. The van der Waals surface area contributed by atoms with Crippen molar-refractivity contribution >= 4 is 23.7 Å². The largest absolute Gasteiger partial charge is 0.463 e. The Morgan fingerprint density at radius 3 is 2.55 bits per heavy atom. The first-order chi connectivity index (χ1) is 10.4. The molecule has 0 aromatic carbocycles. The fraction of sp³-hybridized carbons (Fsp3) is 0.846. The summed E-state index contributed by atoms with van der Waals surface area (Å²) in [5.74, 6) is -0.285. The lowest BCUT2D eigenvalue weighted by Gasteiger charge is -2.42. The molecule has 0 aromatic rings. The molecular formula is C13H21N3O5S. The molecule has 22 heavy (non-hydrogen) atoms. The van der Waals surface area contributed by atoms with Gasteiger partial charge < -0.3 is 14.2 Å². The molecule has 1 aliphatic heterocycles. The predicted molar refractivity (Wildman–Crippen MR) is 81.1 cm³/mol. The van der Waals surface area contributed by atoms with Gasteiger partial charge >= 0.3 is 11.9 Å². The van der Waals surface area contributed by atoms with Gasteiger partial charge in [0.1, 0.15) is 24.3 Å². The average Bonchev–Trinajstić information content (AvgIpc) is 2.44. The fourth-order valence-electron chi connectivity index (χ4n) is 2.31. The lowest BCUT2D eigenvalue weighted by atomic mass is 9.91. The van der Waals surface area contributed by atoms with Crippen LogP contribution >= 0.6 is 11.8 Å². The highest BCUT2D eigenvalue weighted by molar-refractivity contribution is 7.99. The van der Waals surface area contributed by atoms with E-state index in [1.807, 2.05) is 13.8 Å². The molecule has 0 bridgehead atoms. The molecule has 1 rings (SSSR count). The van der Waals surface area contributed by atoms with Crippen LogP contribution in [0.2, 0.25) is 0 Å². The van der Waals surface area contributed by atoms with Gasteiger partial charge in [-0.25, -0.2) is 0 Å². The summed E-state index contributed by atoms with van der Waals surface area (Å²) in [5, 5.41) is 3.78. The molecule has 1 heterocycles. The fourth-order valence-corrected chi connectivity index (χ4v) is 3.32. The Morgan fingerprint density at radius 1 is 1.36 bits per heavy atom. The molecule has 0 aliphatic carbocycles. The first-order valence-electron chi connectivity index (χ1n) is 7.02. The lowest BCUT2D eigenvalue weighted by molar-refractivity contribution is -0.182. The summed E-state index contributed by atoms with van der Waals surface area (Å²) < 4.78 is 16.2. The van der Waals surface area contributed by atoms with E-state index >= 15 is 0 Å². The third kappa shape index (κ3) is 5.08. The van der Waals surface area contributed by atoms with Crippen molar-refractivity contribution in [2.45, 2.75) is 51.4 Å². The van der Waals surface area contributed by atoms with E-state index in [2.05, 4.69) is 10.0 Å². The number of esters is 2. The Balaban J connectivity index is 3.02. The average molecular weight is 331 g/mol. The summed E-state index contributed by atoms with van der Waals surface area (Å²) in [4.78, 5) is 25.2. The van der Waals surface area contributed by atoms with Crippen LogP contribution < -0.4 is 0 Å². The Kier molecular flexibility index (Phi) is 7.50. The summed E-state index contributed by atoms with van der Waals surface area (Å²) in [6, 6.07) is -0.577. The number of thioether (sulfide) groups is 1. The van der Waals surface area contributed by atoms with Crippen molar-refractivity contribution in [3.8, 4) is 0 Å². The van der Waals surface area contributed by atoms with Gasteiger partial charge in [0.15, 0.2) is 0 Å². The number of nitrogens with zero attached hydrogens (tertiary/aromatic N) is 3. The number of carbonyl (C=O) groups is 2. The highest BCUT2D eigenvalue weighted by Crippen LogP contribution is 2.36. The minimum atomic E-state index is -0.781. The number of hydrogen-bond donors (Lipinski definition) is 0. The molecule has 8 nitrogen and oxygen atoms in total. The molecule has 1 saturated heterocycles. The highest BCUT2D eigenvalue weighted by atomic mass is 32.2. The Bertz CT molecular complexity index is 455. The van der Waals surface area contributed by atoms with E-state index in [1.165, 1.54) is 13.8 Å². The molecule has 1 fully saturated rings. The van der Waals surface area contributed by atoms with Crippen molar-refractivity contribution < 1.29 is 23.8 Å². The van der Waals surface area contributed by atoms with Crippen LogP contribution in [-0.2, 0) is 23.8 Å². The zero-order valence-electron chi connectivity index (χ0n) is 13.1. The predicted octanol–water partition coefficient (Wildman–Crippen LogP) is 2.27. The zero-order valence-corrected chi connectivity index (χ0v) is 13.9. The topological polar surface area (TPSA) is 111 Å². The Hall–Kier alpha value is -1.44. The van der Waals surface area contributed by atoms with Gasteiger partial charge in [0.05, 0.1) is 6.04 Å². The van der Waals surface area contributed by atoms with Crippen molar-refractivity contribution in [1.82, 2.24) is 0 Å². The van der Waals surface area contributed by atoms with Crippen LogP contribution in [0.1, 0.15) is 27.7 Å². The van der Waals surface area contributed by atoms with Crippen LogP contribution in [0.4, 0.5) is 0 Å². The lowest BCUT2D eigenvalue weighted by Crippen LogP contribution is -2.55. The second-order valence-corrected chi connectivity index (χ2v) is 6.30. The van der Waals surface area contributed by atoms with Crippen molar-refractivity contribution in [3.63, 3.8) is 0 Å². The van der Waals surface area contributed by atoms with Gasteiger partial charge in [-0.05, 0) is 11.3 Å². The molecule has 9 heteroatoms. The summed E-state index contributed by atoms with van der Waals surface area (Å²) in [5.41, 5.74) is 8.56. The molecule has 5 atom stereocenters. The first-order valence-corrected chi connectivity index (χ1v) is 8.07. The summed E-state index contributed by atoms with van der Waals surface area (Å²) in [7, 11) is 0. The number of hydrogen-bond acceptors (Lipinski definition) is 7. The van der Waals surface area contributed by atoms with Crippen molar-refractivity contribution in [2.24, 2.45) is 11.0 Å². The van der Waals surface area contributed by atoms with Crippen LogP contribution in [0, 0.1) is 5.92 Å². The van der Waals surface area contributed by atoms with E-state index in [0.29, 0.717) is 0 Å². The van der Waals surface area contributed by atoms with E-state index in [4.69, 9.17) is 19.7 Å². The highest BCUT2D eigenvalue weighted by Gasteiger charge is 2.45. The van der Waals surface area contributed by atoms with Crippen molar-refractivity contribution in [1.29, 1.82) is 0 Å². The second-order valence-electron chi connectivity index (χ2n) is 4.93. The third-order valence-corrected chi connectivity index (χ3v) is 4.45. The van der Waals surface area contributed by atoms with Crippen LogP contribution in [0.15, 0.2) is 5.11 Å². The molecule has 0 spiro atoms. The molecule has 1 aliphatic rings. The normalized spacial score (nSPS) is 31.0. The number of azide groups is 1. The van der Waals surface area contributed by atoms with Crippen LogP contribution in [0.5, 0.6) is 0 Å². The molecular weight excluding hydrogens is 310 g/mol. The molecule has 0 radical (unpaired) electrons. The smallest absolute Gasteiger partial charge is 0.303 e. The van der Waals surface area contributed by atoms with Gasteiger partial charge in [0, 0.05) is 24.7 Å². The molecule has 0 N–H and O–H groups in total. The molecule has 0 saturated carbocycles. The van der Waals surface area contributed by atoms with Crippen LogP contribution in [0.25, 0.3) is 10.4 Å². The Morgan fingerprint density at radius 2 is 2.05 bits per heavy atom. The van der Waals surface area contributed by atoms with Gasteiger partial charge in [0.25, 0.3) is 0 Å². The van der Waals surface area contributed by atoms with E-state index in [9.17, 15) is 9.59 Å². The summed E-state index contributed by atoms with van der Waals surface area (Å²) >= 11 is 1.56. The first kappa shape index (κ1) is 18.6. The molecule has 0 amide bonds. The van der Waals surface area contributed by atoms with Crippen molar-refractivity contribution in [2.75, 3.05) is 12.4 Å². The summed E-state index contributed by atoms with van der Waals surface area (Å²) in [6.07, 6.45) is -1.44. The van der Waals surface area contributed by atoms with Crippen molar-refractivity contribution in [3.05, 3.63) is 10.4 Å². The van der Waals surface area contributed by atoms with Gasteiger partial charge in [-0.1, -0.05) is 19.0 Å². The van der Waals surface area contributed by atoms with Gasteiger partial charge in [-0.15, -0.1) is 11.8 Å². The Labute approximate surface area is 133 Å². The maximum absolute atomic E-state index is 11.3. The van der Waals surface area contributed by atoms with E-state index in [-0.39, 0.29) is 18.0 Å². The molecule has 0 aromatic heterocycles. The SMILES string of the molecule is CCS[C@H]1OC(COC(C)=O)[C@H](OC(C)=O)[C@H](N=[N+]=[N-])C1C. The quantitative estimate of drug-likeness (QED) is 0.319. The van der Waals surface area contributed by atoms with Gasteiger partial charge in [-0.2, -0.15) is 0 Å².